The molecule has 1 heterocycles. The maximum atomic E-state index is 12.9. The summed E-state index contributed by atoms with van der Waals surface area (Å²) in [6.07, 6.45) is 3.87. The SMILES string of the molecule is CC(C(=O)N(CC1CCC1)c1ccccc1)C1CNC1.Cl. The van der Waals surface area contributed by atoms with Crippen molar-refractivity contribution in [2.45, 2.75) is 26.2 Å². The van der Waals surface area contributed by atoms with E-state index in [1.54, 1.807) is 0 Å². The third-order valence-electron chi connectivity index (χ3n) is 4.91. The highest BCUT2D eigenvalue weighted by atomic mass is 35.5. The van der Waals surface area contributed by atoms with E-state index in [2.05, 4.69) is 24.4 Å². The van der Waals surface area contributed by atoms with E-state index in [0.717, 1.165) is 25.3 Å². The van der Waals surface area contributed by atoms with Crippen molar-refractivity contribution in [3.8, 4) is 0 Å². The zero-order valence-corrected chi connectivity index (χ0v) is 13.4. The van der Waals surface area contributed by atoms with Crippen LogP contribution in [0, 0.1) is 17.8 Å². The van der Waals surface area contributed by atoms with Crippen molar-refractivity contribution in [1.82, 2.24) is 5.32 Å². The van der Waals surface area contributed by atoms with Crippen molar-refractivity contribution in [2.24, 2.45) is 17.8 Å². The first-order valence-electron chi connectivity index (χ1n) is 7.83. The Morgan fingerprint density at radius 3 is 2.43 bits per heavy atom. The Morgan fingerprint density at radius 1 is 1.29 bits per heavy atom. The standard InChI is InChI=1S/C17H24N2O.ClH/c1-13(15-10-18-11-15)17(20)19(12-14-6-5-7-14)16-8-3-2-4-9-16;/h2-4,8-9,13-15,18H,5-7,10-12H2,1H3;1H. The fraction of sp³-hybridized carbons (Fsp3) is 0.588. The molecular formula is C17H25ClN2O. The van der Waals surface area contributed by atoms with Crippen LogP contribution in [-0.2, 0) is 4.79 Å². The van der Waals surface area contributed by atoms with Crippen molar-refractivity contribution < 1.29 is 4.79 Å². The van der Waals surface area contributed by atoms with Gasteiger partial charge in [0.1, 0.15) is 0 Å². The first-order valence-corrected chi connectivity index (χ1v) is 7.83. The molecule has 1 aliphatic carbocycles. The van der Waals surface area contributed by atoms with Gasteiger partial charge in [0.2, 0.25) is 5.91 Å². The molecule has 1 aliphatic heterocycles. The van der Waals surface area contributed by atoms with Crippen molar-refractivity contribution in [3.63, 3.8) is 0 Å². The predicted octanol–water partition coefficient (Wildman–Crippen LogP) is 3.10. The lowest BCUT2D eigenvalue weighted by atomic mass is 9.83. The van der Waals surface area contributed by atoms with Crippen LogP contribution in [0.3, 0.4) is 0 Å². The minimum Gasteiger partial charge on any atom is -0.316 e. The molecule has 1 saturated carbocycles. The van der Waals surface area contributed by atoms with Gasteiger partial charge in [-0.15, -0.1) is 12.4 Å². The molecule has 3 rings (SSSR count). The van der Waals surface area contributed by atoms with Crippen molar-refractivity contribution in [3.05, 3.63) is 30.3 Å². The third-order valence-corrected chi connectivity index (χ3v) is 4.91. The third kappa shape index (κ3) is 3.58. The highest BCUT2D eigenvalue weighted by molar-refractivity contribution is 5.95. The molecule has 0 bridgehead atoms. The lowest BCUT2D eigenvalue weighted by molar-refractivity contribution is -0.124. The first-order chi connectivity index (χ1) is 9.75. The van der Waals surface area contributed by atoms with Gasteiger partial charge in [0.15, 0.2) is 0 Å². The number of nitrogens with zero attached hydrogens (tertiary/aromatic N) is 1. The lowest BCUT2D eigenvalue weighted by Crippen LogP contribution is -2.51. The molecule has 1 aromatic carbocycles. The van der Waals surface area contributed by atoms with Gasteiger partial charge in [0.25, 0.3) is 0 Å². The fourth-order valence-electron chi connectivity index (χ4n) is 2.98. The molecule has 1 amide bonds. The molecule has 3 nitrogen and oxygen atoms in total. The summed E-state index contributed by atoms with van der Waals surface area (Å²) in [4.78, 5) is 14.9. The maximum Gasteiger partial charge on any atom is 0.230 e. The van der Waals surface area contributed by atoms with Crippen LogP contribution < -0.4 is 10.2 Å². The van der Waals surface area contributed by atoms with E-state index in [4.69, 9.17) is 0 Å². The van der Waals surface area contributed by atoms with E-state index >= 15 is 0 Å². The summed E-state index contributed by atoms with van der Waals surface area (Å²) in [6, 6.07) is 10.2. The molecule has 4 heteroatoms. The summed E-state index contributed by atoms with van der Waals surface area (Å²) in [5.41, 5.74) is 1.06. The van der Waals surface area contributed by atoms with Gasteiger partial charge in [0, 0.05) is 18.2 Å². The van der Waals surface area contributed by atoms with Crippen LogP contribution in [0.25, 0.3) is 0 Å². The molecule has 0 aromatic heterocycles. The normalized spacial score (nSPS) is 19.9. The summed E-state index contributed by atoms with van der Waals surface area (Å²) in [5.74, 6) is 1.63. The predicted molar refractivity (Wildman–Crippen MR) is 88.9 cm³/mol. The number of nitrogens with one attached hydrogen (secondary N) is 1. The number of rotatable bonds is 5. The highest BCUT2D eigenvalue weighted by Gasteiger charge is 2.33. The van der Waals surface area contributed by atoms with Gasteiger partial charge in [-0.3, -0.25) is 4.79 Å². The molecule has 116 valence electrons. The molecule has 1 unspecified atom stereocenters. The van der Waals surface area contributed by atoms with Crippen LogP contribution in [0.5, 0.6) is 0 Å². The van der Waals surface area contributed by atoms with Gasteiger partial charge in [-0.1, -0.05) is 31.5 Å². The number of benzene rings is 1. The number of hydrogen-bond donors (Lipinski definition) is 1. The van der Waals surface area contributed by atoms with E-state index in [1.807, 2.05) is 23.1 Å². The Kier molecular flexibility index (Phi) is 5.65. The summed E-state index contributed by atoms with van der Waals surface area (Å²) in [7, 11) is 0. The van der Waals surface area contributed by atoms with Crippen molar-refractivity contribution in [1.29, 1.82) is 0 Å². The van der Waals surface area contributed by atoms with E-state index in [9.17, 15) is 4.79 Å². The van der Waals surface area contributed by atoms with Gasteiger partial charge < -0.3 is 10.2 Å². The summed E-state index contributed by atoms with van der Waals surface area (Å²) in [6.45, 7) is 4.95. The topological polar surface area (TPSA) is 32.3 Å². The smallest absolute Gasteiger partial charge is 0.230 e. The Morgan fingerprint density at radius 2 is 1.95 bits per heavy atom. The minimum atomic E-state index is 0. The number of halogens is 1. The quantitative estimate of drug-likeness (QED) is 0.906. The first kappa shape index (κ1) is 16.3. The summed E-state index contributed by atoms with van der Waals surface area (Å²) in [5, 5.41) is 3.27. The Hall–Kier alpha value is -1.06. The second-order valence-electron chi connectivity index (χ2n) is 6.29. The Labute approximate surface area is 133 Å². The van der Waals surface area contributed by atoms with E-state index < -0.39 is 0 Å². The highest BCUT2D eigenvalue weighted by Crippen LogP contribution is 2.30. The molecule has 21 heavy (non-hydrogen) atoms. The van der Waals surface area contributed by atoms with E-state index in [1.165, 1.54) is 19.3 Å². The average molecular weight is 309 g/mol. The van der Waals surface area contributed by atoms with Crippen LogP contribution in [-0.4, -0.2) is 25.5 Å². The molecule has 2 fully saturated rings. The van der Waals surface area contributed by atoms with Gasteiger partial charge in [-0.2, -0.15) is 0 Å². The summed E-state index contributed by atoms with van der Waals surface area (Å²) >= 11 is 0. The number of amides is 1. The number of anilines is 1. The fourth-order valence-corrected chi connectivity index (χ4v) is 2.98. The van der Waals surface area contributed by atoms with Gasteiger partial charge >= 0.3 is 0 Å². The molecular weight excluding hydrogens is 284 g/mol. The zero-order chi connectivity index (χ0) is 13.9. The molecule has 1 aromatic rings. The van der Waals surface area contributed by atoms with Crippen LogP contribution in [0.15, 0.2) is 30.3 Å². The zero-order valence-electron chi connectivity index (χ0n) is 12.6. The number of carbonyl (C=O) groups excluding carboxylic acids is 1. The lowest BCUT2D eigenvalue weighted by Gasteiger charge is -2.37. The van der Waals surface area contributed by atoms with E-state index in [-0.39, 0.29) is 18.3 Å². The minimum absolute atomic E-state index is 0. The largest absolute Gasteiger partial charge is 0.316 e. The average Bonchev–Trinajstić information content (AvgIpc) is 2.36. The van der Waals surface area contributed by atoms with Crippen LogP contribution in [0.4, 0.5) is 5.69 Å². The molecule has 1 atom stereocenters. The molecule has 1 saturated heterocycles. The Bertz CT molecular complexity index is 457. The number of para-hydroxylation sites is 1. The van der Waals surface area contributed by atoms with Gasteiger partial charge in [-0.25, -0.2) is 0 Å². The monoisotopic (exact) mass is 308 g/mol. The van der Waals surface area contributed by atoms with Gasteiger partial charge in [-0.05, 0) is 49.9 Å². The number of hydrogen-bond acceptors (Lipinski definition) is 2. The molecule has 0 spiro atoms. The van der Waals surface area contributed by atoms with Crippen molar-refractivity contribution in [2.75, 3.05) is 24.5 Å². The molecule has 1 N–H and O–H groups in total. The maximum absolute atomic E-state index is 12.9. The van der Waals surface area contributed by atoms with Gasteiger partial charge in [0.05, 0.1) is 0 Å². The van der Waals surface area contributed by atoms with Crippen LogP contribution in [0.2, 0.25) is 0 Å². The summed E-state index contributed by atoms with van der Waals surface area (Å²) < 4.78 is 0. The molecule has 2 aliphatic rings. The second kappa shape index (κ2) is 7.28. The van der Waals surface area contributed by atoms with E-state index in [0.29, 0.717) is 17.7 Å². The van der Waals surface area contributed by atoms with Crippen LogP contribution in [0.1, 0.15) is 26.2 Å². The second-order valence-corrected chi connectivity index (χ2v) is 6.29. The number of carbonyl (C=O) groups is 1. The van der Waals surface area contributed by atoms with Crippen LogP contribution >= 0.6 is 12.4 Å². The van der Waals surface area contributed by atoms with Crippen molar-refractivity contribution >= 4 is 24.0 Å². The molecule has 0 radical (unpaired) electrons. The Balaban J connectivity index is 0.00000161.